The number of hydrogen-bond acceptors (Lipinski definition) is 6. The van der Waals surface area contributed by atoms with Crippen LogP contribution in [-0.2, 0) is 6.54 Å². The Bertz CT molecular complexity index is 823. The van der Waals surface area contributed by atoms with E-state index in [1.54, 1.807) is 32.4 Å². The van der Waals surface area contributed by atoms with E-state index >= 15 is 0 Å². The first-order chi connectivity index (χ1) is 13.9. The molecule has 2 N–H and O–H groups in total. The highest BCUT2D eigenvalue weighted by atomic mass is 16.5. The molecular weight excluding hydrogens is 374 g/mol. The van der Waals surface area contributed by atoms with Gasteiger partial charge in [-0.25, -0.2) is 0 Å². The van der Waals surface area contributed by atoms with E-state index in [0.29, 0.717) is 30.2 Å². The number of Topliss-reactive ketones (excluding diaryl/α,β-unsaturated/α-hetero) is 1. The minimum Gasteiger partial charge on any atom is -0.497 e. The van der Waals surface area contributed by atoms with Gasteiger partial charge in [0.05, 0.1) is 28.4 Å². The molecule has 2 atom stereocenters. The van der Waals surface area contributed by atoms with Crippen molar-refractivity contribution in [1.82, 2.24) is 0 Å². The van der Waals surface area contributed by atoms with Crippen LogP contribution in [0.3, 0.4) is 0 Å². The maximum atomic E-state index is 11.5. The first-order valence-corrected chi connectivity index (χ1v) is 9.40. The van der Waals surface area contributed by atoms with E-state index in [1.165, 1.54) is 14.0 Å². The first kappa shape index (κ1) is 22.5. The van der Waals surface area contributed by atoms with Crippen molar-refractivity contribution in [1.29, 1.82) is 0 Å². The molecule has 1 unspecified atom stereocenters. The summed E-state index contributed by atoms with van der Waals surface area (Å²) in [6.07, 6.45) is -0.670. The van der Waals surface area contributed by atoms with Crippen LogP contribution in [0.2, 0.25) is 0 Å². The molecule has 0 aliphatic carbocycles. The number of ether oxygens (including phenoxy) is 4. The number of carbonyl (C=O) groups excluding carboxylic acids is 1. The van der Waals surface area contributed by atoms with Crippen LogP contribution in [0.25, 0.3) is 0 Å². The number of methoxy groups -OCH3 is 3. The largest absolute Gasteiger partial charge is 0.497 e. The van der Waals surface area contributed by atoms with E-state index in [9.17, 15) is 9.90 Å². The van der Waals surface area contributed by atoms with Crippen molar-refractivity contribution in [2.45, 2.75) is 19.6 Å². The summed E-state index contributed by atoms with van der Waals surface area (Å²) in [5.74, 6) is 2.40. The molecule has 158 valence electrons. The van der Waals surface area contributed by atoms with Gasteiger partial charge >= 0.3 is 0 Å². The van der Waals surface area contributed by atoms with Gasteiger partial charge in [0.25, 0.3) is 0 Å². The van der Waals surface area contributed by atoms with Gasteiger partial charge in [-0.3, -0.25) is 4.79 Å². The standard InChI is InChI=1S/C22H29NO6/c1-15(24)16-7-9-20(22(10-16)28-5)29-14-18(25)13-23(2)12-17-6-8-19(26-3)11-21(17)27-4/h6-11,18,25H,12-14H2,1-5H3/p+1/t18-/m0/s1. The van der Waals surface area contributed by atoms with E-state index in [1.807, 2.05) is 25.2 Å². The second-order valence-corrected chi connectivity index (χ2v) is 6.90. The molecule has 0 saturated heterocycles. The Balaban J connectivity index is 1.92. The maximum Gasteiger partial charge on any atom is 0.161 e. The number of hydrogen-bond donors (Lipinski definition) is 2. The van der Waals surface area contributed by atoms with E-state index in [4.69, 9.17) is 18.9 Å². The van der Waals surface area contributed by atoms with Gasteiger partial charge in [-0.05, 0) is 37.3 Å². The van der Waals surface area contributed by atoms with Crippen LogP contribution in [-0.4, -0.2) is 58.5 Å². The maximum absolute atomic E-state index is 11.5. The Morgan fingerprint density at radius 1 is 1.00 bits per heavy atom. The van der Waals surface area contributed by atoms with Gasteiger partial charge in [-0.1, -0.05) is 0 Å². The van der Waals surface area contributed by atoms with Crippen molar-refractivity contribution in [3.05, 3.63) is 47.5 Å². The summed E-state index contributed by atoms with van der Waals surface area (Å²) in [5.41, 5.74) is 1.58. The molecule has 0 fully saturated rings. The highest BCUT2D eigenvalue weighted by Crippen LogP contribution is 2.28. The fourth-order valence-electron chi connectivity index (χ4n) is 3.05. The Morgan fingerprint density at radius 3 is 2.34 bits per heavy atom. The molecular formula is C22H30NO6+. The van der Waals surface area contributed by atoms with Crippen LogP contribution in [0.15, 0.2) is 36.4 Å². The molecule has 0 aromatic heterocycles. The monoisotopic (exact) mass is 404 g/mol. The lowest BCUT2D eigenvalue weighted by Crippen LogP contribution is -3.09. The predicted molar refractivity (Wildman–Crippen MR) is 110 cm³/mol. The summed E-state index contributed by atoms with van der Waals surface area (Å²) in [4.78, 5) is 12.6. The number of ketones is 1. The third-order valence-electron chi connectivity index (χ3n) is 4.57. The van der Waals surface area contributed by atoms with Gasteiger partial charge in [-0.15, -0.1) is 0 Å². The Kier molecular flexibility index (Phi) is 8.30. The first-order valence-electron chi connectivity index (χ1n) is 9.40. The third-order valence-corrected chi connectivity index (χ3v) is 4.57. The predicted octanol–water partition coefficient (Wildman–Crippen LogP) is 1.37. The summed E-state index contributed by atoms with van der Waals surface area (Å²) in [5, 5.41) is 10.4. The molecule has 0 saturated carbocycles. The van der Waals surface area contributed by atoms with Gasteiger partial charge in [-0.2, -0.15) is 0 Å². The average molecular weight is 404 g/mol. The molecule has 0 radical (unpaired) electrons. The minimum atomic E-state index is -0.670. The summed E-state index contributed by atoms with van der Waals surface area (Å²) >= 11 is 0. The van der Waals surface area contributed by atoms with Gasteiger partial charge in [0.1, 0.15) is 37.3 Å². The lowest BCUT2D eigenvalue weighted by molar-refractivity contribution is -0.897. The van der Waals surface area contributed by atoms with Crippen LogP contribution >= 0.6 is 0 Å². The number of likely N-dealkylation sites (N-methyl/N-ethyl adjacent to an activating group) is 1. The Hall–Kier alpha value is -2.77. The van der Waals surface area contributed by atoms with Gasteiger partial charge < -0.3 is 29.0 Å². The van der Waals surface area contributed by atoms with Crippen molar-refractivity contribution in [2.75, 3.05) is 41.5 Å². The SMILES string of the molecule is COc1ccc(C[NH+](C)C[C@H](O)COc2ccc(C(C)=O)cc2OC)c(OC)c1. The summed E-state index contributed by atoms with van der Waals surface area (Å²) < 4.78 is 21.6. The molecule has 0 heterocycles. The Morgan fingerprint density at radius 2 is 1.72 bits per heavy atom. The number of rotatable bonds is 11. The van der Waals surface area contributed by atoms with E-state index in [0.717, 1.165) is 22.0 Å². The molecule has 0 bridgehead atoms. The van der Waals surface area contributed by atoms with Crippen molar-refractivity contribution in [3.63, 3.8) is 0 Å². The number of aliphatic hydroxyl groups is 1. The number of nitrogens with one attached hydrogen (secondary N) is 1. The average Bonchev–Trinajstić information content (AvgIpc) is 2.72. The van der Waals surface area contributed by atoms with Crippen molar-refractivity contribution >= 4 is 5.78 Å². The molecule has 2 rings (SSSR count). The highest BCUT2D eigenvalue weighted by molar-refractivity contribution is 5.94. The van der Waals surface area contributed by atoms with Gasteiger partial charge in [0, 0.05) is 17.2 Å². The van der Waals surface area contributed by atoms with E-state index in [-0.39, 0.29) is 12.4 Å². The topological polar surface area (TPSA) is 78.7 Å². The highest BCUT2D eigenvalue weighted by Gasteiger charge is 2.17. The van der Waals surface area contributed by atoms with E-state index < -0.39 is 6.10 Å². The van der Waals surface area contributed by atoms with Crippen molar-refractivity contribution in [2.24, 2.45) is 0 Å². The number of benzene rings is 2. The number of aliphatic hydroxyl groups excluding tert-OH is 1. The van der Waals surface area contributed by atoms with Crippen LogP contribution < -0.4 is 23.8 Å². The fraction of sp³-hybridized carbons (Fsp3) is 0.409. The summed E-state index contributed by atoms with van der Waals surface area (Å²) in [6, 6.07) is 10.7. The third kappa shape index (κ3) is 6.37. The van der Waals surface area contributed by atoms with Crippen molar-refractivity contribution < 1.29 is 33.7 Å². The zero-order valence-electron chi connectivity index (χ0n) is 17.7. The van der Waals surface area contributed by atoms with Crippen LogP contribution in [0.1, 0.15) is 22.8 Å². The second-order valence-electron chi connectivity index (χ2n) is 6.90. The molecule has 0 amide bonds. The molecule has 2 aromatic carbocycles. The summed E-state index contributed by atoms with van der Waals surface area (Å²) in [6.45, 7) is 2.78. The zero-order valence-corrected chi connectivity index (χ0v) is 17.7. The quantitative estimate of drug-likeness (QED) is 0.551. The molecule has 29 heavy (non-hydrogen) atoms. The van der Waals surface area contributed by atoms with Crippen molar-refractivity contribution in [3.8, 4) is 23.0 Å². The fourth-order valence-corrected chi connectivity index (χ4v) is 3.05. The molecule has 7 heteroatoms. The summed E-state index contributed by atoms with van der Waals surface area (Å²) in [7, 11) is 6.75. The van der Waals surface area contributed by atoms with Crippen LogP contribution in [0, 0.1) is 0 Å². The number of carbonyl (C=O) groups is 1. The van der Waals surface area contributed by atoms with Crippen LogP contribution in [0.5, 0.6) is 23.0 Å². The van der Waals surface area contributed by atoms with Crippen LogP contribution in [0.4, 0.5) is 0 Å². The molecule has 0 aliphatic heterocycles. The molecule has 0 spiro atoms. The second kappa shape index (κ2) is 10.7. The minimum absolute atomic E-state index is 0.0472. The van der Waals surface area contributed by atoms with Gasteiger partial charge in [0.2, 0.25) is 0 Å². The van der Waals surface area contributed by atoms with E-state index in [2.05, 4.69) is 0 Å². The molecule has 2 aromatic rings. The molecule has 0 aliphatic rings. The zero-order chi connectivity index (χ0) is 21.4. The number of quaternary nitrogens is 1. The smallest absolute Gasteiger partial charge is 0.161 e. The Labute approximate surface area is 171 Å². The lowest BCUT2D eigenvalue weighted by atomic mass is 10.1. The molecule has 7 nitrogen and oxygen atoms in total. The van der Waals surface area contributed by atoms with Gasteiger partial charge in [0.15, 0.2) is 17.3 Å². The normalized spacial score (nSPS) is 12.8. The lowest BCUT2D eigenvalue weighted by Gasteiger charge is -2.20.